The molecular weight excluding hydrogens is 414 g/mol. The Morgan fingerprint density at radius 1 is 0.968 bits per heavy atom. The number of hydrogen-bond acceptors (Lipinski definition) is 4. The van der Waals surface area contributed by atoms with Gasteiger partial charge in [0.2, 0.25) is 15.9 Å². The van der Waals surface area contributed by atoms with Crippen LogP contribution in [0.15, 0.2) is 66.1 Å². The van der Waals surface area contributed by atoms with Crippen molar-refractivity contribution in [3.8, 4) is 0 Å². The fourth-order valence-corrected chi connectivity index (χ4v) is 4.85. The van der Waals surface area contributed by atoms with Gasteiger partial charge in [-0.25, -0.2) is 8.42 Å². The van der Waals surface area contributed by atoms with E-state index in [1.54, 1.807) is 24.3 Å². The topological polar surface area (TPSA) is 95.6 Å². The third kappa shape index (κ3) is 6.50. The van der Waals surface area contributed by atoms with Gasteiger partial charge >= 0.3 is 0 Å². The second-order valence-electron chi connectivity index (χ2n) is 7.29. The summed E-state index contributed by atoms with van der Waals surface area (Å²) in [5.41, 5.74) is 1.37. The summed E-state index contributed by atoms with van der Waals surface area (Å²) in [7, 11) is -3.69. The molecule has 7 nitrogen and oxygen atoms in total. The third-order valence-corrected chi connectivity index (χ3v) is 6.61. The van der Waals surface area contributed by atoms with Gasteiger partial charge in [0.25, 0.3) is 5.91 Å². The number of hydrogen-bond donors (Lipinski definition) is 2. The van der Waals surface area contributed by atoms with Gasteiger partial charge in [-0.1, -0.05) is 48.5 Å². The number of carbonyl (C=O) groups excluding carboxylic acids is 2. The zero-order chi connectivity index (χ0) is 22.1. The maximum absolute atomic E-state index is 12.7. The Morgan fingerprint density at radius 3 is 2.32 bits per heavy atom. The Kier molecular flexibility index (Phi) is 7.97. The SMILES string of the molecule is O=C(NCCCNC(=O)[C@@H]1CCCN1S(=O)(=O)/C=C/c1ccccc1)c1ccccc1. The van der Waals surface area contributed by atoms with Crippen molar-refractivity contribution >= 4 is 27.9 Å². The molecule has 2 N–H and O–H groups in total. The van der Waals surface area contributed by atoms with Crippen LogP contribution in [0.1, 0.15) is 35.2 Å². The van der Waals surface area contributed by atoms with Crippen molar-refractivity contribution in [1.82, 2.24) is 14.9 Å². The van der Waals surface area contributed by atoms with Crippen molar-refractivity contribution < 1.29 is 18.0 Å². The Labute approximate surface area is 183 Å². The van der Waals surface area contributed by atoms with E-state index in [9.17, 15) is 18.0 Å². The summed E-state index contributed by atoms with van der Waals surface area (Å²) in [6.07, 6.45) is 3.23. The van der Waals surface area contributed by atoms with Gasteiger partial charge < -0.3 is 10.6 Å². The standard InChI is InChI=1S/C23H27N3O4S/c27-22(20-11-5-2-6-12-20)24-15-8-16-25-23(28)21-13-7-17-26(21)31(29,30)18-14-19-9-3-1-4-10-19/h1-6,9-12,14,18,21H,7-8,13,15-17H2,(H,24,27)(H,25,28)/b18-14+/t21-/m0/s1. The van der Waals surface area contributed by atoms with Gasteiger partial charge in [0.05, 0.1) is 0 Å². The highest BCUT2D eigenvalue weighted by Crippen LogP contribution is 2.22. The van der Waals surface area contributed by atoms with Gasteiger partial charge in [0, 0.05) is 30.6 Å². The van der Waals surface area contributed by atoms with E-state index in [-0.39, 0.29) is 11.8 Å². The zero-order valence-corrected chi connectivity index (χ0v) is 18.1. The number of nitrogens with one attached hydrogen (secondary N) is 2. The summed E-state index contributed by atoms with van der Waals surface area (Å²) in [6, 6.07) is 17.4. The molecule has 3 rings (SSSR count). The Morgan fingerprint density at radius 2 is 1.61 bits per heavy atom. The molecule has 1 aliphatic rings. The first kappa shape index (κ1) is 22.7. The minimum atomic E-state index is -3.69. The van der Waals surface area contributed by atoms with Crippen molar-refractivity contribution in [1.29, 1.82) is 0 Å². The summed E-state index contributed by atoms with van der Waals surface area (Å²) >= 11 is 0. The Balaban J connectivity index is 1.46. The maximum Gasteiger partial charge on any atom is 0.251 e. The van der Waals surface area contributed by atoms with E-state index in [1.807, 2.05) is 36.4 Å². The molecule has 1 fully saturated rings. The lowest BCUT2D eigenvalue weighted by Crippen LogP contribution is -2.45. The van der Waals surface area contributed by atoms with Gasteiger partial charge in [-0.15, -0.1) is 0 Å². The quantitative estimate of drug-likeness (QED) is 0.584. The van der Waals surface area contributed by atoms with E-state index in [2.05, 4.69) is 10.6 Å². The summed E-state index contributed by atoms with van der Waals surface area (Å²) < 4.78 is 26.7. The van der Waals surface area contributed by atoms with Crippen molar-refractivity contribution in [3.05, 3.63) is 77.2 Å². The van der Waals surface area contributed by atoms with Gasteiger partial charge in [0.1, 0.15) is 6.04 Å². The van der Waals surface area contributed by atoms with Crippen molar-refractivity contribution in [2.45, 2.75) is 25.3 Å². The van der Waals surface area contributed by atoms with Crippen LogP contribution in [-0.2, 0) is 14.8 Å². The van der Waals surface area contributed by atoms with Crippen LogP contribution in [0, 0.1) is 0 Å². The first-order valence-electron chi connectivity index (χ1n) is 10.3. The molecule has 164 valence electrons. The zero-order valence-electron chi connectivity index (χ0n) is 17.2. The highest BCUT2D eigenvalue weighted by Gasteiger charge is 2.37. The number of nitrogens with zero attached hydrogens (tertiary/aromatic N) is 1. The number of benzene rings is 2. The third-order valence-electron chi connectivity index (χ3n) is 5.04. The predicted octanol–water partition coefficient (Wildman–Crippen LogP) is 2.39. The molecule has 8 heteroatoms. The van der Waals surface area contributed by atoms with E-state index in [1.165, 1.54) is 10.4 Å². The smallest absolute Gasteiger partial charge is 0.251 e. The van der Waals surface area contributed by atoms with E-state index in [4.69, 9.17) is 0 Å². The molecule has 0 unspecified atom stereocenters. The molecule has 2 aromatic carbocycles. The molecule has 1 atom stereocenters. The summed E-state index contributed by atoms with van der Waals surface area (Å²) in [5, 5.41) is 6.76. The molecule has 2 aromatic rings. The van der Waals surface area contributed by atoms with Crippen LogP contribution in [-0.4, -0.2) is 50.2 Å². The molecule has 0 saturated carbocycles. The molecule has 1 saturated heterocycles. The summed E-state index contributed by atoms with van der Waals surface area (Å²) in [5.74, 6) is -0.464. The molecule has 0 radical (unpaired) electrons. The first-order valence-corrected chi connectivity index (χ1v) is 11.8. The van der Waals surface area contributed by atoms with E-state index < -0.39 is 16.1 Å². The maximum atomic E-state index is 12.7. The minimum Gasteiger partial charge on any atom is -0.355 e. The number of carbonyl (C=O) groups is 2. The second kappa shape index (κ2) is 10.9. The summed E-state index contributed by atoms with van der Waals surface area (Å²) in [4.78, 5) is 24.6. The van der Waals surface area contributed by atoms with Crippen molar-refractivity contribution in [3.63, 3.8) is 0 Å². The van der Waals surface area contributed by atoms with Gasteiger partial charge in [-0.05, 0) is 43.0 Å². The molecule has 2 amide bonds. The largest absolute Gasteiger partial charge is 0.355 e. The van der Waals surface area contributed by atoms with Crippen LogP contribution in [0.3, 0.4) is 0 Å². The van der Waals surface area contributed by atoms with Crippen molar-refractivity contribution in [2.75, 3.05) is 19.6 Å². The van der Waals surface area contributed by atoms with Crippen molar-refractivity contribution in [2.24, 2.45) is 0 Å². The van der Waals surface area contributed by atoms with Crippen LogP contribution in [0.4, 0.5) is 0 Å². The molecule has 0 aliphatic carbocycles. The Bertz CT molecular complexity index is 1010. The highest BCUT2D eigenvalue weighted by atomic mass is 32.2. The first-order chi connectivity index (χ1) is 15.0. The second-order valence-corrected chi connectivity index (χ2v) is 9.06. The predicted molar refractivity (Wildman–Crippen MR) is 121 cm³/mol. The average Bonchev–Trinajstić information content (AvgIpc) is 3.30. The lowest BCUT2D eigenvalue weighted by Gasteiger charge is -2.21. The number of rotatable bonds is 9. The minimum absolute atomic E-state index is 0.162. The number of sulfonamides is 1. The van der Waals surface area contributed by atoms with Gasteiger partial charge in [0.15, 0.2) is 0 Å². The normalized spacial score (nSPS) is 17.0. The lowest BCUT2D eigenvalue weighted by atomic mass is 10.2. The van der Waals surface area contributed by atoms with Crippen LogP contribution in [0.5, 0.6) is 0 Å². The summed E-state index contributed by atoms with van der Waals surface area (Å²) in [6.45, 7) is 1.10. The molecule has 31 heavy (non-hydrogen) atoms. The average molecular weight is 442 g/mol. The van der Waals surface area contributed by atoms with E-state index >= 15 is 0 Å². The molecule has 1 aliphatic heterocycles. The van der Waals surface area contributed by atoms with Crippen LogP contribution in [0.25, 0.3) is 6.08 Å². The van der Waals surface area contributed by atoms with Crippen LogP contribution < -0.4 is 10.6 Å². The van der Waals surface area contributed by atoms with Crippen LogP contribution in [0.2, 0.25) is 0 Å². The van der Waals surface area contributed by atoms with E-state index in [0.29, 0.717) is 44.5 Å². The molecule has 0 aromatic heterocycles. The molecular formula is C23H27N3O4S. The van der Waals surface area contributed by atoms with Gasteiger partial charge in [-0.3, -0.25) is 9.59 Å². The molecule has 1 heterocycles. The van der Waals surface area contributed by atoms with Gasteiger partial charge in [-0.2, -0.15) is 4.31 Å². The van der Waals surface area contributed by atoms with E-state index in [0.717, 1.165) is 11.0 Å². The Hall–Kier alpha value is -2.97. The fraction of sp³-hybridized carbons (Fsp3) is 0.304. The van der Waals surface area contributed by atoms with Crippen LogP contribution >= 0.6 is 0 Å². The molecule has 0 bridgehead atoms. The molecule has 0 spiro atoms. The fourth-order valence-electron chi connectivity index (χ4n) is 3.42. The lowest BCUT2D eigenvalue weighted by molar-refractivity contribution is -0.124. The number of amides is 2. The highest BCUT2D eigenvalue weighted by molar-refractivity contribution is 7.92. The monoisotopic (exact) mass is 441 g/mol.